The van der Waals surface area contributed by atoms with Crippen LogP contribution in [0.5, 0.6) is 0 Å². The predicted octanol–water partition coefficient (Wildman–Crippen LogP) is -0.327. The van der Waals surface area contributed by atoms with Crippen molar-refractivity contribution in [2.45, 2.75) is 38.8 Å². The highest BCUT2D eigenvalue weighted by Crippen LogP contribution is 1.92. The first-order valence-corrected chi connectivity index (χ1v) is 7.35. The molecule has 0 bridgehead atoms. The van der Waals surface area contributed by atoms with Crippen molar-refractivity contribution in [2.75, 3.05) is 52.6 Å². The molecule has 0 atom stereocenters. The molecule has 0 aromatic heterocycles. The average Bonchev–Trinajstić information content (AvgIpc) is 2.27. The molecule has 20 heavy (non-hydrogen) atoms. The lowest BCUT2D eigenvalue weighted by molar-refractivity contribution is 0.0495. The lowest BCUT2D eigenvalue weighted by Crippen LogP contribution is -2.44. The fourth-order valence-corrected chi connectivity index (χ4v) is 1.43. The molecule has 0 amide bonds. The van der Waals surface area contributed by atoms with Gasteiger partial charge in [0, 0.05) is 37.3 Å². The quantitative estimate of drug-likeness (QED) is 0.347. The summed E-state index contributed by atoms with van der Waals surface area (Å²) >= 11 is 0. The van der Waals surface area contributed by atoms with E-state index in [0.717, 1.165) is 26.2 Å². The molecule has 0 aliphatic heterocycles. The van der Waals surface area contributed by atoms with Gasteiger partial charge in [-0.25, -0.2) is 0 Å². The number of ether oxygens (including phenoxy) is 2. The molecule has 0 aromatic rings. The fraction of sp³-hybridized carbons (Fsp3) is 1.00. The molecule has 0 radical (unpaired) electrons. The largest absolute Gasteiger partial charge is 0.378 e. The Morgan fingerprint density at radius 1 is 0.700 bits per heavy atom. The zero-order valence-corrected chi connectivity index (χ0v) is 13.6. The van der Waals surface area contributed by atoms with Crippen LogP contribution in [0.2, 0.25) is 0 Å². The second kappa shape index (κ2) is 10.5. The third-order valence-corrected chi connectivity index (χ3v) is 2.38. The van der Waals surface area contributed by atoms with Crippen molar-refractivity contribution >= 4 is 0 Å². The van der Waals surface area contributed by atoms with Crippen molar-refractivity contribution in [3.05, 3.63) is 0 Å². The van der Waals surface area contributed by atoms with Crippen LogP contribution in [0.3, 0.4) is 0 Å². The Bertz CT molecular complexity index is 200. The Labute approximate surface area is 123 Å². The van der Waals surface area contributed by atoms with Gasteiger partial charge in [-0.1, -0.05) is 0 Å². The van der Waals surface area contributed by atoms with Gasteiger partial charge in [0.1, 0.15) is 0 Å². The minimum Gasteiger partial charge on any atom is -0.378 e. The van der Waals surface area contributed by atoms with Crippen molar-refractivity contribution < 1.29 is 9.47 Å². The number of nitrogens with two attached hydrogens (primary N) is 2. The molecule has 0 saturated heterocycles. The van der Waals surface area contributed by atoms with E-state index in [2.05, 4.69) is 10.6 Å². The monoisotopic (exact) mass is 290 g/mol. The van der Waals surface area contributed by atoms with Crippen molar-refractivity contribution in [1.82, 2.24) is 10.6 Å². The fourth-order valence-electron chi connectivity index (χ4n) is 1.43. The molecule has 6 heteroatoms. The number of rotatable bonds is 13. The number of nitrogens with one attached hydrogen (secondary N) is 2. The SMILES string of the molecule is CC(C)(N)CNCCOCCOCCNCC(C)(C)N. The first-order chi connectivity index (χ1) is 9.21. The van der Waals surface area contributed by atoms with Gasteiger partial charge in [0.25, 0.3) is 0 Å². The summed E-state index contributed by atoms with van der Waals surface area (Å²) in [5.74, 6) is 0. The standard InChI is InChI=1S/C14H34N4O2/c1-13(2,15)11-17-5-7-19-9-10-20-8-6-18-12-14(3,4)16/h17-18H,5-12,15-16H2,1-4H3. The zero-order chi connectivity index (χ0) is 15.5. The zero-order valence-electron chi connectivity index (χ0n) is 13.6. The summed E-state index contributed by atoms with van der Waals surface area (Å²) in [5, 5.41) is 6.49. The maximum absolute atomic E-state index is 5.85. The van der Waals surface area contributed by atoms with Gasteiger partial charge in [0.2, 0.25) is 0 Å². The smallest absolute Gasteiger partial charge is 0.0701 e. The molecule has 0 fully saturated rings. The Hall–Kier alpha value is -0.240. The van der Waals surface area contributed by atoms with Crippen molar-refractivity contribution in [2.24, 2.45) is 11.5 Å². The summed E-state index contributed by atoms with van der Waals surface area (Å²) in [6.45, 7) is 13.8. The number of hydrogen-bond acceptors (Lipinski definition) is 6. The summed E-state index contributed by atoms with van der Waals surface area (Å²) in [6, 6.07) is 0. The molecular weight excluding hydrogens is 256 g/mol. The first-order valence-electron chi connectivity index (χ1n) is 7.35. The van der Waals surface area contributed by atoms with Crippen LogP contribution in [-0.4, -0.2) is 63.7 Å². The molecule has 0 saturated carbocycles. The van der Waals surface area contributed by atoms with Gasteiger partial charge in [-0.05, 0) is 27.7 Å². The molecule has 0 heterocycles. The summed E-state index contributed by atoms with van der Waals surface area (Å²) in [6.07, 6.45) is 0. The van der Waals surface area contributed by atoms with E-state index in [9.17, 15) is 0 Å². The minimum absolute atomic E-state index is 0.172. The van der Waals surface area contributed by atoms with E-state index in [1.165, 1.54) is 0 Å². The summed E-state index contributed by atoms with van der Waals surface area (Å²) in [4.78, 5) is 0. The van der Waals surface area contributed by atoms with Crippen LogP contribution in [0.1, 0.15) is 27.7 Å². The van der Waals surface area contributed by atoms with Crippen LogP contribution in [-0.2, 0) is 9.47 Å². The van der Waals surface area contributed by atoms with Crippen LogP contribution in [0.15, 0.2) is 0 Å². The minimum atomic E-state index is -0.172. The maximum atomic E-state index is 5.85. The Morgan fingerprint density at radius 2 is 1.05 bits per heavy atom. The van der Waals surface area contributed by atoms with E-state index in [1.807, 2.05) is 27.7 Å². The van der Waals surface area contributed by atoms with Crippen molar-refractivity contribution in [1.29, 1.82) is 0 Å². The van der Waals surface area contributed by atoms with Gasteiger partial charge >= 0.3 is 0 Å². The normalized spacial score (nSPS) is 12.9. The third-order valence-electron chi connectivity index (χ3n) is 2.38. The van der Waals surface area contributed by atoms with E-state index < -0.39 is 0 Å². The van der Waals surface area contributed by atoms with Crippen molar-refractivity contribution in [3.63, 3.8) is 0 Å². The summed E-state index contributed by atoms with van der Waals surface area (Å²) in [7, 11) is 0. The summed E-state index contributed by atoms with van der Waals surface area (Å²) < 4.78 is 10.9. The van der Waals surface area contributed by atoms with E-state index in [1.54, 1.807) is 0 Å². The Kier molecular flexibility index (Phi) is 10.4. The second-order valence-electron chi connectivity index (χ2n) is 6.56. The molecule has 0 aliphatic carbocycles. The van der Waals surface area contributed by atoms with Crippen LogP contribution >= 0.6 is 0 Å². The van der Waals surface area contributed by atoms with E-state index in [4.69, 9.17) is 20.9 Å². The third kappa shape index (κ3) is 17.8. The Morgan fingerprint density at radius 3 is 1.35 bits per heavy atom. The molecule has 0 unspecified atom stereocenters. The summed E-state index contributed by atoms with van der Waals surface area (Å²) in [5.41, 5.74) is 11.3. The predicted molar refractivity (Wildman–Crippen MR) is 83.9 cm³/mol. The molecule has 6 nitrogen and oxygen atoms in total. The molecule has 122 valence electrons. The first kappa shape index (κ1) is 19.8. The van der Waals surface area contributed by atoms with Crippen LogP contribution < -0.4 is 22.1 Å². The average molecular weight is 290 g/mol. The van der Waals surface area contributed by atoms with Crippen molar-refractivity contribution in [3.8, 4) is 0 Å². The highest BCUT2D eigenvalue weighted by Gasteiger charge is 2.09. The van der Waals surface area contributed by atoms with Gasteiger partial charge in [-0.15, -0.1) is 0 Å². The van der Waals surface area contributed by atoms with E-state index in [-0.39, 0.29) is 11.1 Å². The van der Waals surface area contributed by atoms with Gasteiger partial charge in [-0.3, -0.25) is 0 Å². The molecule has 6 N–H and O–H groups in total. The van der Waals surface area contributed by atoms with Gasteiger partial charge in [0.15, 0.2) is 0 Å². The van der Waals surface area contributed by atoms with Crippen LogP contribution in [0.25, 0.3) is 0 Å². The lowest BCUT2D eigenvalue weighted by Gasteiger charge is -2.19. The van der Waals surface area contributed by atoms with Gasteiger partial charge < -0.3 is 31.6 Å². The highest BCUT2D eigenvalue weighted by molar-refractivity contribution is 4.74. The van der Waals surface area contributed by atoms with Gasteiger partial charge in [0.05, 0.1) is 26.4 Å². The van der Waals surface area contributed by atoms with Gasteiger partial charge in [-0.2, -0.15) is 0 Å². The van der Waals surface area contributed by atoms with E-state index >= 15 is 0 Å². The van der Waals surface area contributed by atoms with Crippen LogP contribution in [0.4, 0.5) is 0 Å². The lowest BCUT2D eigenvalue weighted by atomic mass is 10.1. The maximum Gasteiger partial charge on any atom is 0.0701 e. The topological polar surface area (TPSA) is 94.6 Å². The molecule has 0 aliphatic rings. The second-order valence-corrected chi connectivity index (χ2v) is 6.56. The van der Waals surface area contributed by atoms with Crippen LogP contribution in [0, 0.1) is 0 Å². The molecule has 0 rings (SSSR count). The molecule has 0 aromatic carbocycles. The van der Waals surface area contributed by atoms with E-state index in [0.29, 0.717) is 26.4 Å². The molecular formula is C14H34N4O2. The number of hydrogen-bond donors (Lipinski definition) is 4. The highest BCUT2D eigenvalue weighted by atomic mass is 16.5. The molecule has 0 spiro atoms. The Balaban J connectivity index is 3.10.